The molecule has 0 saturated heterocycles. The van der Waals surface area contributed by atoms with E-state index in [1.807, 2.05) is 6.92 Å². The first-order valence-corrected chi connectivity index (χ1v) is 6.76. The number of ether oxygens (including phenoxy) is 1. The van der Waals surface area contributed by atoms with Crippen LogP contribution >= 0.6 is 0 Å². The van der Waals surface area contributed by atoms with E-state index in [0.717, 1.165) is 6.07 Å². The summed E-state index contributed by atoms with van der Waals surface area (Å²) in [4.78, 5) is 12.4. The van der Waals surface area contributed by atoms with Gasteiger partial charge in [0.15, 0.2) is 0 Å². The van der Waals surface area contributed by atoms with Crippen LogP contribution in [0.1, 0.15) is 6.92 Å². The van der Waals surface area contributed by atoms with Gasteiger partial charge in [0, 0.05) is 24.5 Å². The van der Waals surface area contributed by atoms with Crippen LogP contribution in [0.5, 0.6) is 0 Å². The zero-order chi connectivity index (χ0) is 15.9. The Morgan fingerprint density at radius 2 is 2.09 bits per heavy atom. The topological polar surface area (TPSA) is 60.3 Å². The van der Waals surface area contributed by atoms with Gasteiger partial charge in [-0.15, -0.1) is 5.10 Å². The molecule has 0 radical (unpaired) electrons. The molecule has 22 heavy (non-hydrogen) atoms. The molecule has 0 saturated carbocycles. The van der Waals surface area contributed by atoms with Gasteiger partial charge in [0.2, 0.25) is 0 Å². The van der Waals surface area contributed by atoms with Crippen LogP contribution in [0, 0.1) is 11.6 Å². The predicted molar refractivity (Wildman–Crippen MR) is 75.2 cm³/mol. The fraction of sp³-hybridized carbons (Fsp3) is 0.357. The number of nitrogens with zero attached hydrogens (tertiary/aromatic N) is 4. The quantitative estimate of drug-likeness (QED) is 0.694. The number of benzene rings is 1. The van der Waals surface area contributed by atoms with Crippen molar-refractivity contribution >= 4 is 12.2 Å². The lowest BCUT2D eigenvalue weighted by Gasteiger charge is -2.27. The largest absolute Gasteiger partial charge is 0.461 e. The van der Waals surface area contributed by atoms with E-state index in [1.54, 1.807) is 11.1 Å². The van der Waals surface area contributed by atoms with Crippen molar-refractivity contribution < 1.29 is 18.3 Å². The zero-order valence-corrected chi connectivity index (χ0v) is 12.0. The van der Waals surface area contributed by atoms with E-state index in [2.05, 4.69) is 10.3 Å². The minimum atomic E-state index is -0.655. The normalized spacial score (nSPS) is 12.0. The minimum absolute atomic E-state index is 0.276. The van der Waals surface area contributed by atoms with Gasteiger partial charge in [0.1, 0.15) is 17.7 Å². The summed E-state index contributed by atoms with van der Waals surface area (Å²) in [5.41, 5.74) is 0.387. The molecular formula is C14H16F2N4O2. The van der Waals surface area contributed by atoms with Gasteiger partial charge in [-0.05, 0) is 19.1 Å². The molecule has 6 nitrogen and oxygen atoms in total. The van der Waals surface area contributed by atoms with Crippen molar-refractivity contribution in [1.82, 2.24) is 15.0 Å². The van der Waals surface area contributed by atoms with Gasteiger partial charge in [0.25, 0.3) is 6.47 Å². The number of halogens is 2. The van der Waals surface area contributed by atoms with E-state index in [0.29, 0.717) is 25.2 Å². The number of aromatic nitrogens is 3. The van der Waals surface area contributed by atoms with E-state index >= 15 is 0 Å². The third-order valence-corrected chi connectivity index (χ3v) is 3.13. The average Bonchev–Trinajstić information content (AvgIpc) is 2.96. The highest BCUT2D eigenvalue weighted by Gasteiger charge is 2.17. The summed E-state index contributed by atoms with van der Waals surface area (Å²) in [6.07, 6.45) is 2.63. The summed E-state index contributed by atoms with van der Waals surface area (Å²) < 4.78 is 33.2. The molecule has 118 valence electrons. The Morgan fingerprint density at radius 1 is 1.36 bits per heavy atom. The fourth-order valence-electron chi connectivity index (χ4n) is 2.15. The third-order valence-electron chi connectivity index (χ3n) is 3.13. The molecular weight excluding hydrogens is 294 g/mol. The Hall–Kier alpha value is -2.51. The van der Waals surface area contributed by atoms with Crippen molar-refractivity contribution in [2.24, 2.45) is 0 Å². The minimum Gasteiger partial charge on any atom is -0.461 e. The summed E-state index contributed by atoms with van der Waals surface area (Å²) in [7, 11) is 0. The van der Waals surface area contributed by atoms with Gasteiger partial charge in [-0.2, -0.15) is 0 Å². The van der Waals surface area contributed by atoms with Crippen LogP contribution in [0.4, 0.5) is 14.5 Å². The Labute approximate surface area is 126 Å². The van der Waals surface area contributed by atoms with Crippen molar-refractivity contribution in [3.8, 4) is 0 Å². The summed E-state index contributed by atoms with van der Waals surface area (Å²) in [6, 6.07) is 3.28. The van der Waals surface area contributed by atoms with Gasteiger partial charge >= 0.3 is 0 Å². The Kier molecular flexibility index (Phi) is 5.40. The van der Waals surface area contributed by atoms with Crippen molar-refractivity contribution in [2.45, 2.75) is 19.6 Å². The molecule has 0 fully saturated rings. The Morgan fingerprint density at radius 3 is 2.64 bits per heavy atom. The maximum absolute atomic E-state index is 13.3. The van der Waals surface area contributed by atoms with Crippen LogP contribution in [0.15, 0.2) is 30.6 Å². The molecule has 2 aromatic rings. The number of hydrogen-bond acceptors (Lipinski definition) is 5. The SMILES string of the molecule is CCN(CC(Cn1ccnn1)OC=O)c1cc(F)cc(F)c1. The van der Waals surface area contributed by atoms with Crippen LogP contribution < -0.4 is 4.90 Å². The maximum Gasteiger partial charge on any atom is 0.293 e. The number of carbonyl (C=O) groups is 1. The second-order valence-corrected chi connectivity index (χ2v) is 4.65. The fourth-order valence-corrected chi connectivity index (χ4v) is 2.15. The molecule has 1 aromatic carbocycles. The Bertz CT molecular complexity index is 587. The first kappa shape index (κ1) is 15.9. The van der Waals surface area contributed by atoms with E-state index in [-0.39, 0.29) is 6.54 Å². The van der Waals surface area contributed by atoms with Crippen LogP contribution in [0.25, 0.3) is 0 Å². The molecule has 1 atom stereocenters. The second kappa shape index (κ2) is 7.48. The molecule has 0 aliphatic rings. The van der Waals surface area contributed by atoms with Gasteiger partial charge in [-0.3, -0.25) is 4.79 Å². The number of anilines is 1. The monoisotopic (exact) mass is 310 g/mol. The average molecular weight is 310 g/mol. The van der Waals surface area contributed by atoms with E-state index in [9.17, 15) is 13.6 Å². The van der Waals surface area contributed by atoms with Gasteiger partial charge in [0.05, 0.1) is 19.3 Å². The molecule has 0 aliphatic carbocycles. The summed E-state index contributed by atoms with van der Waals surface area (Å²) >= 11 is 0. The molecule has 0 amide bonds. The zero-order valence-electron chi connectivity index (χ0n) is 12.0. The summed E-state index contributed by atoms with van der Waals surface area (Å²) in [6.45, 7) is 3.27. The highest BCUT2D eigenvalue weighted by molar-refractivity contribution is 5.47. The van der Waals surface area contributed by atoms with Crippen molar-refractivity contribution in [1.29, 1.82) is 0 Å². The summed E-state index contributed by atoms with van der Waals surface area (Å²) in [5, 5.41) is 7.48. The van der Waals surface area contributed by atoms with E-state index in [1.165, 1.54) is 23.0 Å². The van der Waals surface area contributed by atoms with E-state index < -0.39 is 17.7 Å². The molecule has 0 aliphatic heterocycles. The second-order valence-electron chi connectivity index (χ2n) is 4.65. The first-order valence-electron chi connectivity index (χ1n) is 6.76. The van der Waals surface area contributed by atoms with Crippen molar-refractivity contribution in [3.63, 3.8) is 0 Å². The number of hydrogen-bond donors (Lipinski definition) is 0. The molecule has 1 heterocycles. The third kappa shape index (κ3) is 4.24. The van der Waals surface area contributed by atoms with Crippen LogP contribution in [-0.4, -0.2) is 40.7 Å². The number of likely N-dealkylation sites (N-methyl/N-ethyl adjacent to an activating group) is 1. The lowest BCUT2D eigenvalue weighted by atomic mass is 10.2. The number of rotatable bonds is 8. The predicted octanol–water partition coefficient (Wildman–Crippen LogP) is 1.62. The highest BCUT2D eigenvalue weighted by atomic mass is 19.1. The van der Waals surface area contributed by atoms with E-state index in [4.69, 9.17) is 4.74 Å². The Balaban J connectivity index is 2.12. The molecule has 1 aromatic heterocycles. The number of carbonyl (C=O) groups excluding carboxylic acids is 1. The molecule has 2 rings (SSSR count). The van der Waals surface area contributed by atoms with Gasteiger partial charge < -0.3 is 9.64 Å². The molecule has 0 N–H and O–H groups in total. The summed E-state index contributed by atoms with van der Waals surface area (Å²) in [5.74, 6) is -1.31. The molecule has 0 spiro atoms. The van der Waals surface area contributed by atoms with Gasteiger partial charge in [-0.1, -0.05) is 5.21 Å². The van der Waals surface area contributed by atoms with Crippen molar-refractivity contribution in [2.75, 3.05) is 18.0 Å². The molecule has 8 heteroatoms. The van der Waals surface area contributed by atoms with Crippen LogP contribution in [0.2, 0.25) is 0 Å². The first-order chi connectivity index (χ1) is 10.6. The van der Waals surface area contributed by atoms with Crippen LogP contribution in [-0.2, 0) is 16.1 Å². The molecule has 1 unspecified atom stereocenters. The van der Waals surface area contributed by atoms with Crippen molar-refractivity contribution in [3.05, 3.63) is 42.2 Å². The van der Waals surface area contributed by atoms with Gasteiger partial charge in [-0.25, -0.2) is 13.5 Å². The highest BCUT2D eigenvalue weighted by Crippen LogP contribution is 2.18. The molecule has 0 bridgehead atoms. The lowest BCUT2D eigenvalue weighted by molar-refractivity contribution is -0.133. The smallest absolute Gasteiger partial charge is 0.293 e. The standard InChI is InChI=1S/C14H16F2N4O2/c1-2-19(13-6-11(15)5-12(16)7-13)8-14(22-10-21)9-20-4-3-17-18-20/h3-7,10,14H,2,8-9H2,1H3. The maximum atomic E-state index is 13.3. The lowest BCUT2D eigenvalue weighted by Crippen LogP contribution is -2.36. The van der Waals surface area contributed by atoms with Crippen LogP contribution in [0.3, 0.4) is 0 Å².